The lowest BCUT2D eigenvalue weighted by atomic mass is 9.96. The summed E-state index contributed by atoms with van der Waals surface area (Å²) in [6, 6.07) is 0. The molecular formula is C12H26N2O2S. The summed E-state index contributed by atoms with van der Waals surface area (Å²) in [6.45, 7) is 7.18. The van der Waals surface area contributed by atoms with E-state index in [0.717, 1.165) is 19.0 Å². The van der Waals surface area contributed by atoms with Crippen LogP contribution in [0.2, 0.25) is 0 Å². The highest BCUT2D eigenvalue weighted by Gasteiger charge is 2.17. The molecule has 0 aliphatic carbocycles. The molecule has 1 atom stereocenters. The number of sulfone groups is 1. The van der Waals surface area contributed by atoms with Crippen LogP contribution in [0.25, 0.3) is 0 Å². The van der Waals surface area contributed by atoms with Crippen molar-refractivity contribution in [2.24, 2.45) is 5.92 Å². The number of hydrogen-bond acceptors (Lipinski definition) is 4. The number of piperidine rings is 1. The van der Waals surface area contributed by atoms with Crippen LogP contribution in [0.3, 0.4) is 0 Å². The van der Waals surface area contributed by atoms with Crippen LogP contribution in [0.1, 0.15) is 26.2 Å². The van der Waals surface area contributed by atoms with E-state index in [1.54, 1.807) is 0 Å². The van der Waals surface area contributed by atoms with Crippen molar-refractivity contribution >= 4 is 9.84 Å². The van der Waals surface area contributed by atoms with E-state index in [1.165, 1.54) is 38.6 Å². The quantitative estimate of drug-likeness (QED) is 0.688. The second kappa shape index (κ2) is 7.34. The minimum absolute atomic E-state index is 0.241. The third kappa shape index (κ3) is 7.01. The molecule has 0 amide bonds. The number of likely N-dealkylation sites (tertiary alicyclic amines) is 1. The molecule has 0 spiro atoms. The maximum atomic E-state index is 10.9. The molecule has 1 rings (SSSR count). The summed E-state index contributed by atoms with van der Waals surface area (Å²) < 4.78 is 21.9. The van der Waals surface area contributed by atoms with E-state index in [2.05, 4.69) is 17.1 Å². The Bertz CT molecular complexity index is 304. The molecule has 0 aromatic carbocycles. The van der Waals surface area contributed by atoms with Crippen molar-refractivity contribution in [3.8, 4) is 0 Å². The van der Waals surface area contributed by atoms with Gasteiger partial charge in [0, 0.05) is 32.4 Å². The van der Waals surface area contributed by atoms with Gasteiger partial charge in [-0.1, -0.05) is 13.3 Å². The first kappa shape index (κ1) is 14.9. The lowest BCUT2D eigenvalue weighted by molar-refractivity contribution is 0.173. The van der Waals surface area contributed by atoms with E-state index in [0.29, 0.717) is 6.54 Å². The van der Waals surface area contributed by atoms with Crippen molar-refractivity contribution in [2.45, 2.75) is 26.2 Å². The van der Waals surface area contributed by atoms with Gasteiger partial charge in [0.05, 0.1) is 5.75 Å². The van der Waals surface area contributed by atoms with Gasteiger partial charge in [-0.05, 0) is 25.3 Å². The zero-order valence-corrected chi connectivity index (χ0v) is 11.9. The van der Waals surface area contributed by atoms with Crippen LogP contribution in [0.5, 0.6) is 0 Å². The molecule has 0 saturated carbocycles. The molecule has 0 aromatic heterocycles. The van der Waals surface area contributed by atoms with Crippen molar-refractivity contribution in [2.75, 3.05) is 44.7 Å². The summed E-state index contributed by atoms with van der Waals surface area (Å²) in [4.78, 5) is 2.49. The van der Waals surface area contributed by atoms with Crippen LogP contribution >= 0.6 is 0 Å². The summed E-state index contributed by atoms with van der Waals surface area (Å²) in [5, 5.41) is 3.20. The highest BCUT2D eigenvalue weighted by molar-refractivity contribution is 7.90. The molecule has 1 N–H and O–H groups in total. The molecule has 1 fully saturated rings. The smallest absolute Gasteiger partial charge is 0.148 e. The topological polar surface area (TPSA) is 49.4 Å². The summed E-state index contributed by atoms with van der Waals surface area (Å²) in [5.41, 5.74) is 0. The summed E-state index contributed by atoms with van der Waals surface area (Å²) in [5.74, 6) is 1.10. The van der Waals surface area contributed by atoms with Crippen molar-refractivity contribution in [1.82, 2.24) is 10.2 Å². The van der Waals surface area contributed by atoms with Crippen LogP contribution < -0.4 is 5.32 Å². The predicted molar refractivity (Wildman–Crippen MR) is 72.0 cm³/mol. The molecule has 1 unspecified atom stereocenters. The molecule has 17 heavy (non-hydrogen) atoms. The Kier molecular flexibility index (Phi) is 6.44. The number of nitrogens with one attached hydrogen (secondary N) is 1. The van der Waals surface area contributed by atoms with Gasteiger partial charge < -0.3 is 10.2 Å². The number of nitrogens with zero attached hydrogens (tertiary/aromatic N) is 1. The minimum Gasteiger partial charge on any atom is -0.314 e. The molecule has 0 aromatic rings. The third-order valence-corrected chi connectivity index (χ3v) is 4.38. The van der Waals surface area contributed by atoms with E-state index in [9.17, 15) is 8.42 Å². The third-order valence-electron chi connectivity index (χ3n) is 3.43. The molecule has 1 heterocycles. The van der Waals surface area contributed by atoms with Gasteiger partial charge in [-0.25, -0.2) is 8.42 Å². The Hall–Kier alpha value is -0.130. The molecule has 1 aliphatic heterocycles. The van der Waals surface area contributed by atoms with E-state index < -0.39 is 9.84 Å². The lowest BCUT2D eigenvalue weighted by Gasteiger charge is -2.32. The maximum Gasteiger partial charge on any atom is 0.148 e. The zero-order chi connectivity index (χ0) is 12.7. The monoisotopic (exact) mass is 262 g/mol. The molecule has 1 saturated heterocycles. The standard InChI is InChI=1S/C12H26N2O2S/c1-3-12-5-4-8-14(11-12)9-6-13-7-10-17(2,15)16/h12-13H,3-11H2,1-2H3. The predicted octanol–water partition coefficient (Wildman–Crippen LogP) is 0.743. The first-order valence-electron chi connectivity index (χ1n) is 6.62. The Morgan fingerprint density at radius 1 is 1.35 bits per heavy atom. The summed E-state index contributed by atoms with van der Waals surface area (Å²) in [6.07, 6.45) is 5.24. The van der Waals surface area contributed by atoms with Crippen LogP contribution in [-0.2, 0) is 9.84 Å². The average molecular weight is 262 g/mol. The van der Waals surface area contributed by atoms with Gasteiger partial charge in [-0.3, -0.25) is 0 Å². The van der Waals surface area contributed by atoms with Crippen LogP contribution in [0, 0.1) is 5.92 Å². The van der Waals surface area contributed by atoms with E-state index in [4.69, 9.17) is 0 Å². The van der Waals surface area contributed by atoms with Crippen molar-refractivity contribution in [1.29, 1.82) is 0 Å². The first-order chi connectivity index (χ1) is 8.01. The first-order valence-corrected chi connectivity index (χ1v) is 8.68. The fourth-order valence-electron chi connectivity index (χ4n) is 2.31. The molecule has 5 heteroatoms. The zero-order valence-electron chi connectivity index (χ0n) is 11.1. The SMILES string of the molecule is CCC1CCCN(CCNCCS(C)(=O)=O)C1. The fourth-order valence-corrected chi connectivity index (χ4v) is 2.82. The van der Waals surface area contributed by atoms with Gasteiger partial charge in [-0.15, -0.1) is 0 Å². The summed E-state index contributed by atoms with van der Waals surface area (Å²) in [7, 11) is -2.82. The van der Waals surface area contributed by atoms with Crippen molar-refractivity contribution < 1.29 is 8.42 Å². The number of hydrogen-bond donors (Lipinski definition) is 1. The van der Waals surface area contributed by atoms with Gasteiger partial charge in [0.2, 0.25) is 0 Å². The molecular weight excluding hydrogens is 236 g/mol. The Morgan fingerprint density at radius 2 is 2.12 bits per heavy atom. The minimum atomic E-state index is -2.82. The summed E-state index contributed by atoms with van der Waals surface area (Å²) >= 11 is 0. The number of rotatable bonds is 7. The maximum absolute atomic E-state index is 10.9. The lowest BCUT2D eigenvalue weighted by Crippen LogP contribution is -2.40. The molecule has 0 bridgehead atoms. The second-order valence-electron chi connectivity index (χ2n) is 5.10. The largest absolute Gasteiger partial charge is 0.314 e. The van der Waals surface area contributed by atoms with E-state index in [1.807, 2.05) is 0 Å². The molecule has 4 nitrogen and oxygen atoms in total. The van der Waals surface area contributed by atoms with Gasteiger partial charge in [-0.2, -0.15) is 0 Å². The Morgan fingerprint density at radius 3 is 2.76 bits per heavy atom. The van der Waals surface area contributed by atoms with Gasteiger partial charge in [0.1, 0.15) is 9.84 Å². The van der Waals surface area contributed by atoms with Crippen LogP contribution in [-0.4, -0.2) is 58.1 Å². The second-order valence-corrected chi connectivity index (χ2v) is 7.36. The van der Waals surface area contributed by atoms with Gasteiger partial charge >= 0.3 is 0 Å². The van der Waals surface area contributed by atoms with Crippen LogP contribution in [0.15, 0.2) is 0 Å². The average Bonchev–Trinajstić information content (AvgIpc) is 2.27. The Labute approximate surface area is 106 Å². The van der Waals surface area contributed by atoms with E-state index >= 15 is 0 Å². The molecule has 102 valence electrons. The normalized spacial score (nSPS) is 22.8. The van der Waals surface area contributed by atoms with Gasteiger partial charge in [0.15, 0.2) is 0 Å². The van der Waals surface area contributed by atoms with E-state index in [-0.39, 0.29) is 5.75 Å². The fraction of sp³-hybridized carbons (Fsp3) is 1.00. The molecule has 1 aliphatic rings. The van der Waals surface area contributed by atoms with Crippen molar-refractivity contribution in [3.63, 3.8) is 0 Å². The highest BCUT2D eigenvalue weighted by atomic mass is 32.2. The van der Waals surface area contributed by atoms with Crippen molar-refractivity contribution in [3.05, 3.63) is 0 Å². The van der Waals surface area contributed by atoms with Gasteiger partial charge in [0.25, 0.3) is 0 Å². The highest BCUT2D eigenvalue weighted by Crippen LogP contribution is 2.18. The Balaban J connectivity index is 2.06. The van der Waals surface area contributed by atoms with Crippen LogP contribution in [0.4, 0.5) is 0 Å². The molecule has 0 radical (unpaired) electrons.